The van der Waals surface area contributed by atoms with E-state index in [2.05, 4.69) is 4.74 Å². The Balaban J connectivity index is 3.16. The van der Waals surface area contributed by atoms with Gasteiger partial charge in [-0.2, -0.15) is 0 Å². The van der Waals surface area contributed by atoms with Gasteiger partial charge in [0, 0.05) is 0 Å². The van der Waals surface area contributed by atoms with Gasteiger partial charge in [0.15, 0.2) is 5.75 Å². The lowest BCUT2D eigenvalue weighted by molar-refractivity contribution is -0.386. The lowest BCUT2D eigenvalue weighted by atomic mass is 10.1. The molecule has 1 rings (SSSR count). The lowest BCUT2D eigenvalue weighted by Crippen LogP contribution is -2.10. The molecule has 0 atom stereocenters. The number of hydrogen-bond donors (Lipinski definition) is 1. The molecular weight excluding hydrogens is 240 g/mol. The normalized spacial score (nSPS) is 10.3. The smallest absolute Gasteiger partial charge is 0.342 e. The van der Waals surface area contributed by atoms with E-state index in [1.807, 2.05) is 0 Å². The monoisotopic (exact) mass is 247 g/mol. The summed E-state index contributed by atoms with van der Waals surface area (Å²) in [6.45, 7) is -1.04. The van der Waals surface area contributed by atoms with Crippen molar-refractivity contribution in [1.29, 1.82) is 0 Å². The number of para-hydroxylation sites is 1. The highest BCUT2D eigenvalue weighted by Crippen LogP contribution is 2.31. The fourth-order valence-corrected chi connectivity index (χ4v) is 1.15. The summed E-state index contributed by atoms with van der Waals surface area (Å²) in [6, 6.07) is 3.24. The number of alkyl halides is 2. The predicted molar refractivity (Wildman–Crippen MR) is 51.6 cm³/mol. The van der Waals surface area contributed by atoms with Gasteiger partial charge >= 0.3 is 11.7 Å². The summed E-state index contributed by atoms with van der Waals surface area (Å²) < 4.78 is 28.3. The van der Waals surface area contributed by atoms with Crippen molar-refractivity contribution in [3.63, 3.8) is 0 Å². The first-order valence-corrected chi connectivity index (χ1v) is 4.35. The van der Waals surface area contributed by atoms with Gasteiger partial charge in [-0.05, 0) is 12.1 Å². The molecule has 0 heterocycles. The molecule has 0 fully saturated rings. The summed E-state index contributed by atoms with van der Waals surface area (Å²) in [5.74, 6) is -2.02. The van der Waals surface area contributed by atoms with Gasteiger partial charge in [-0.1, -0.05) is 6.07 Å². The number of carboxylic acid groups (broad SMARTS) is 1. The molecule has 0 aliphatic carbocycles. The number of nitrogens with zero attached hydrogens (tertiary/aromatic N) is 1. The first-order valence-electron chi connectivity index (χ1n) is 4.35. The average Bonchev–Trinajstić information content (AvgIpc) is 2.25. The van der Waals surface area contributed by atoms with Crippen LogP contribution in [0.25, 0.3) is 0 Å². The van der Waals surface area contributed by atoms with Gasteiger partial charge in [-0.15, -0.1) is 0 Å². The maximum absolute atomic E-state index is 11.9. The topological polar surface area (TPSA) is 89.7 Å². The predicted octanol–water partition coefficient (Wildman–Crippen LogP) is 1.94. The van der Waals surface area contributed by atoms with Gasteiger partial charge < -0.3 is 9.84 Å². The number of nitro groups is 1. The molecule has 0 aliphatic heterocycles. The molecule has 1 N–H and O–H groups in total. The molecule has 0 radical (unpaired) electrons. The first kappa shape index (κ1) is 12.8. The molecule has 0 amide bonds. The van der Waals surface area contributed by atoms with E-state index >= 15 is 0 Å². The van der Waals surface area contributed by atoms with Gasteiger partial charge in [-0.3, -0.25) is 10.1 Å². The zero-order valence-corrected chi connectivity index (χ0v) is 8.30. The van der Waals surface area contributed by atoms with Crippen LogP contribution < -0.4 is 4.74 Å². The van der Waals surface area contributed by atoms with Gasteiger partial charge in [0.05, 0.1) is 4.92 Å². The maximum atomic E-state index is 11.9. The number of ether oxygens (including phenoxy) is 1. The van der Waals surface area contributed by atoms with Crippen LogP contribution in [0.1, 0.15) is 10.4 Å². The Morgan fingerprint density at radius 1 is 1.53 bits per heavy atom. The number of rotatable bonds is 5. The number of carbonyl (C=O) groups is 1. The van der Waals surface area contributed by atoms with Crippen molar-refractivity contribution in [3.05, 3.63) is 33.9 Å². The lowest BCUT2D eigenvalue weighted by Gasteiger charge is -2.07. The maximum Gasteiger partial charge on any atom is 0.342 e. The number of hydrogen-bond acceptors (Lipinski definition) is 4. The van der Waals surface area contributed by atoms with E-state index in [0.717, 1.165) is 12.1 Å². The van der Waals surface area contributed by atoms with E-state index in [9.17, 15) is 23.7 Å². The third-order valence-corrected chi connectivity index (χ3v) is 1.78. The Kier molecular flexibility index (Phi) is 3.91. The highest BCUT2D eigenvalue weighted by Gasteiger charge is 2.25. The van der Waals surface area contributed by atoms with Crippen molar-refractivity contribution < 1.29 is 28.3 Å². The number of nitro benzene ring substituents is 1. The molecule has 17 heavy (non-hydrogen) atoms. The molecule has 0 spiro atoms. The van der Waals surface area contributed by atoms with Crippen LogP contribution in [0.4, 0.5) is 14.5 Å². The molecule has 92 valence electrons. The van der Waals surface area contributed by atoms with Crippen LogP contribution in [-0.2, 0) is 0 Å². The minimum absolute atomic E-state index is 0.491. The molecule has 0 bridgehead atoms. The molecule has 6 nitrogen and oxygen atoms in total. The van der Waals surface area contributed by atoms with Crippen LogP contribution >= 0.6 is 0 Å². The van der Waals surface area contributed by atoms with Crippen LogP contribution in [0.3, 0.4) is 0 Å². The molecule has 0 unspecified atom stereocenters. The van der Waals surface area contributed by atoms with Crippen molar-refractivity contribution in [1.82, 2.24) is 0 Å². The molecule has 0 saturated carbocycles. The Hall–Kier alpha value is -2.25. The largest absolute Gasteiger partial charge is 0.481 e. The Morgan fingerprint density at radius 2 is 2.18 bits per heavy atom. The van der Waals surface area contributed by atoms with E-state index in [1.54, 1.807) is 0 Å². The zero-order chi connectivity index (χ0) is 13.0. The van der Waals surface area contributed by atoms with E-state index in [0.29, 0.717) is 0 Å². The summed E-state index contributed by atoms with van der Waals surface area (Å²) in [7, 11) is 0. The minimum atomic E-state index is -2.80. The SMILES string of the molecule is O=C(O)c1cccc(OCC(F)F)c1[N+](=O)[O-]. The van der Waals surface area contributed by atoms with E-state index in [1.165, 1.54) is 6.07 Å². The van der Waals surface area contributed by atoms with Gasteiger partial charge in [0.2, 0.25) is 0 Å². The van der Waals surface area contributed by atoms with E-state index in [-0.39, 0.29) is 0 Å². The third-order valence-electron chi connectivity index (χ3n) is 1.78. The van der Waals surface area contributed by atoms with Crippen LogP contribution in [0.15, 0.2) is 18.2 Å². The number of benzene rings is 1. The van der Waals surface area contributed by atoms with Crippen molar-refractivity contribution in [3.8, 4) is 5.75 Å². The van der Waals surface area contributed by atoms with Crippen LogP contribution in [0.2, 0.25) is 0 Å². The highest BCUT2D eigenvalue weighted by atomic mass is 19.3. The van der Waals surface area contributed by atoms with E-state index in [4.69, 9.17) is 5.11 Å². The molecular formula is C9H7F2NO5. The van der Waals surface area contributed by atoms with Gasteiger partial charge in [0.1, 0.15) is 12.2 Å². The Bertz CT molecular complexity index is 449. The van der Waals surface area contributed by atoms with Gasteiger partial charge in [0.25, 0.3) is 6.43 Å². The van der Waals surface area contributed by atoms with E-state index < -0.39 is 40.9 Å². The molecule has 1 aromatic carbocycles. The number of halogens is 2. The molecule has 1 aromatic rings. The molecule has 0 aliphatic rings. The average molecular weight is 247 g/mol. The zero-order valence-electron chi connectivity index (χ0n) is 8.30. The second kappa shape index (κ2) is 5.19. The molecule has 0 aromatic heterocycles. The first-order chi connectivity index (χ1) is 7.93. The van der Waals surface area contributed by atoms with Crippen LogP contribution in [0.5, 0.6) is 5.75 Å². The summed E-state index contributed by atoms with van der Waals surface area (Å²) >= 11 is 0. The third kappa shape index (κ3) is 3.10. The highest BCUT2D eigenvalue weighted by molar-refractivity contribution is 5.93. The second-order valence-corrected chi connectivity index (χ2v) is 2.92. The van der Waals surface area contributed by atoms with Crippen LogP contribution in [0, 0.1) is 10.1 Å². The summed E-state index contributed by atoms with van der Waals surface area (Å²) in [5.41, 5.74) is -1.44. The van der Waals surface area contributed by atoms with Gasteiger partial charge in [-0.25, -0.2) is 13.6 Å². The number of carboxylic acids is 1. The van der Waals surface area contributed by atoms with Crippen molar-refractivity contribution in [2.75, 3.05) is 6.61 Å². The fraction of sp³-hybridized carbons (Fsp3) is 0.222. The van der Waals surface area contributed by atoms with Crippen molar-refractivity contribution in [2.45, 2.75) is 6.43 Å². The summed E-state index contributed by atoms with van der Waals surface area (Å²) in [4.78, 5) is 20.4. The van der Waals surface area contributed by atoms with Crippen LogP contribution in [-0.4, -0.2) is 29.0 Å². The van der Waals surface area contributed by atoms with Crippen molar-refractivity contribution >= 4 is 11.7 Å². The Morgan fingerprint density at radius 3 is 2.65 bits per heavy atom. The summed E-state index contributed by atoms with van der Waals surface area (Å²) in [6.07, 6.45) is -2.80. The molecule has 0 saturated heterocycles. The number of aromatic carboxylic acids is 1. The standard InChI is InChI=1S/C9H7F2NO5/c10-7(11)4-17-6-3-1-2-5(9(13)14)8(6)12(15)16/h1-3,7H,4H2,(H,13,14). The Labute approximate surface area is 93.6 Å². The summed E-state index contributed by atoms with van der Waals surface area (Å²) in [5, 5.41) is 19.4. The van der Waals surface area contributed by atoms with Crippen molar-refractivity contribution in [2.24, 2.45) is 0 Å². The molecule has 8 heteroatoms. The fourth-order valence-electron chi connectivity index (χ4n) is 1.15. The quantitative estimate of drug-likeness (QED) is 0.634. The minimum Gasteiger partial charge on any atom is -0.481 e. The second-order valence-electron chi connectivity index (χ2n) is 2.92.